The van der Waals surface area contributed by atoms with Gasteiger partial charge in [-0.15, -0.1) is 0 Å². The molecule has 7 heteroatoms. The van der Waals surface area contributed by atoms with Gasteiger partial charge in [0.2, 0.25) is 11.6 Å². The monoisotopic (exact) mass is 442 g/mol. The van der Waals surface area contributed by atoms with Gasteiger partial charge >= 0.3 is 0 Å². The number of nitrogens with zero attached hydrogens (tertiary/aromatic N) is 3. The van der Waals surface area contributed by atoms with Crippen molar-refractivity contribution in [2.24, 2.45) is 5.92 Å². The number of carbonyl (C=O) groups excluding carboxylic acids is 1. The number of aryl methyl sites for hydroxylation is 3. The first-order valence-electron chi connectivity index (χ1n) is 9.48. The largest absolute Gasteiger partial charge is 0.443 e. The number of rotatable bonds is 3. The molecule has 0 spiro atoms. The number of anilines is 2. The maximum Gasteiger partial charge on any atom is 0.231 e. The summed E-state index contributed by atoms with van der Waals surface area (Å²) in [7, 11) is 0. The zero-order valence-electron chi connectivity index (χ0n) is 16.3. The van der Waals surface area contributed by atoms with Gasteiger partial charge in [0.15, 0.2) is 0 Å². The van der Waals surface area contributed by atoms with Crippen LogP contribution in [0.2, 0.25) is 0 Å². The molecule has 1 aliphatic heterocycles. The predicted molar refractivity (Wildman–Crippen MR) is 114 cm³/mol. The van der Waals surface area contributed by atoms with Crippen LogP contribution < -0.4 is 10.2 Å². The van der Waals surface area contributed by atoms with Crippen molar-refractivity contribution < 1.29 is 9.21 Å². The van der Waals surface area contributed by atoms with Crippen LogP contribution in [-0.2, 0) is 4.79 Å². The Morgan fingerprint density at radius 3 is 2.82 bits per heavy atom. The average Bonchev–Trinajstić information content (AvgIpc) is 2.96. The maximum atomic E-state index is 12.9. The molecule has 1 N–H and O–H groups in total. The van der Waals surface area contributed by atoms with Crippen molar-refractivity contribution in [1.82, 2.24) is 9.97 Å². The zero-order chi connectivity index (χ0) is 19.8. The highest BCUT2D eigenvalue weighted by Crippen LogP contribution is 2.33. The molecular formula is C21H23BrN4O2. The Morgan fingerprint density at radius 1 is 1.25 bits per heavy atom. The number of hydrogen-bond donors (Lipinski definition) is 1. The minimum absolute atomic E-state index is 0.0405. The molecule has 0 aliphatic carbocycles. The van der Waals surface area contributed by atoms with Crippen molar-refractivity contribution in [3.8, 4) is 0 Å². The van der Waals surface area contributed by atoms with Crippen molar-refractivity contribution in [3.63, 3.8) is 0 Å². The number of halogens is 1. The van der Waals surface area contributed by atoms with E-state index in [2.05, 4.69) is 31.1 Å². The van der Waals surface area contributed by atoms with E-state index in [9.17, 15) is 4.79 Å². The normalized spacial score (nSPS) is 17.1. The molecule has 0 radical (unpaired) electrons. The molecule has 1 atom stereocenters. The molecule has 2 aromatic heterocycles. The quantitative estimate of drug-likeness (QED) is 0.632. The van der Waals surface area contributed by atoms with E-state index in [1.165, 1.54) is 0 Å². The lowest BCUT2D eigenvalue weighted by molar-refractivity contribution is -0.120. The lowest BCUT2D eigenvalue weighted by Crippen LogP contribution is -2.41. The summed E-state index contributed by atoms with van der Waals surface area (Å²) in [4.78, 5) is 24.2. The number of fused-ring (bicyclic) bond motifs is 1. The van der Waals surface area contributed by atoms with Crippen LogP contribution in [-0.4, -0.2) is 29.0 Å². The summed E-state index contributed by atoms with van der Waals surface area (Å²) in [6, 6.07) is 7.67. The molecule has 1 fully saturated rings. The van der Waals surface area contributed by atoms with Gasteiger partial charge in [0.1, 0.15) is 17.4 Å². The Kier molecular flexibility index (Phi) is 5.10. The molecule has 0 bridgehead atoms. The second-order valence-electron chi connectivity index (χ2n) is 7.31. The lowest BCUT2D eigenvalue weighted by Gasteiger charge is -2.33. The van der Waals surface area contributed by atoms with Crippen molar-refractivity contribution in [3.05, 3.63) is 45.9 Å². The van der Waals surface area contributed by atoms with Gasteiger partial charge in [-0.1, -0.05) is 12.1 Å². The summed E-state index contributed by atoms with van der Waals surface area (Å²) in [5.74, 6) is 2.35. The number of para-hydroxylation sites is 1. The summed E-state index contributed by atoms with van der Waals surface area (Å²) >= 11 is 3.49. The van der Waals surface area contributed by atoms with Gasteiger partial charge in [0.25, 0.3) is 0 Å². The molecule has 1 amide bonds. The number of piperidine rings is 1. The third-order valence-corrected chi connectivity index (χ3v) is 6.04. The molecule has 0 unspecified atom stereocenters. The highest BCUT2D eigenvalue weighted by molar-refractivity contribution is 9.10. The van der Waals surface area contributed by atoms with Crippen LogP contribution in [0.4, 0.5) is 11.5 Å². The number of aromatic nitrogens is 2. The number of furan rings is 1. The van der Waals surface area contributed by atoms with Crippen molar-refractivity contribution in [2.75, 3.05) is 23.3 Å². The highest BCUT2D eigenvalue weighted by atomic mass is 79.9. The first kappa shape index (κ1) is 18.9. The number of carbonyl (C=O) groups is 1. The molecule has 3 aromatic rings. The molecule has 4 rings (SSSR count). The molecule has 146 valence electrons. The van der Waals surface area contributed by atoms with E-state index in [1.807, 2.05) is 45.0 Å². The van der Waals surface area contributed by atoms with Crippen LogP contribution in [0, 0.1) is 26.7 Å². The third kappa shape index (κ3) is 3.51. The lowest BCUT2D eigenvalue weighted by atomic mass is 9.96. The summed E-state index contributed by atoms with van der Waals surface area (Å²) in [5, 5.41) is 4.01. The molecule has 3 heterocycles. The fourth-order valence-electron chi connectivity index (χ4n) is 3.74. The molecular weight excluding hydrogens is 420 g/mol. The number of benzene rings is 1. The Bertz CT molecular complexity index is 1050. The van der Waals surface area contributed by atoms with Crippen LogP contribution in [0.1, 0.15) is 30.0 Å². The SMILES string of the molecule is Cc1nc(N2CCC[C@@H](C(=O)Nc3ccccc3Br)C2)c2c(C)c(C)oc2n1. The van der Waals surface area contributed by atoms with E-state index < -0.39 is 0 Å². The van der Waals surface area contributed by atoms with E-state index in [4.69, 9.17) is 9.40 Å². The molecule has 6 nitrogen and oxygen atoms in total. The summed E-state index contributed by atoms with van der Waals surface area (Å²) < 4.78 is 6.70. The fraction of sp³-hybridized carbons (Fsp3) is 0.381. The Morgan fingerprint density at radius 2 is 2.04 bits per heavy atom. The van der Waals surface area contributed by atoms with Gasteiger partial charge in [-0.05, 0) is 61.7 Å². The molecule has 0 saturated carbocycles. The topological polar surface area (TPSA) is 71.3 Å². The van der Waals surface area contributed by atoms with Gasteiger partial charge in [-0.3, -0.25) is 4.79 Å². The second-order valence-corrected chi connectivity index (χ2v) is 8.17. The van der Waals surface area contributed by atoms with Crippen LogP contribution >= 0.6 is 15.9 Å². The van der Waals surface area contributed by atoms with E-state index in [1.54, 1.807) is 0 Å². The Labute approximate surface area is 172 Å². The minimum Gasteiger partial charge on any atom is -0.443 e. The third-order valence-electron chi connectivity index (χ3n) is 5.34. The van der Waals surface area contributed by atoms with Gasteiger partial charge < -0.3 is 14.6 Å². The fourth-order valence-corrected chi connectivity index (χ4v) is 4.13. The number of nitrogens with one attached hydrogen (secondary N) is 1. The average molecular weight is 443 g/mol. The van der Waals surface area contributed by atoms with Crippen molar-refractivity contribution in [1.29, 1.82) is 0 Å². The molecule has 1 aromatic carbocycles. The molecule has 28 heavy (non-hydrogen) atoms. The zero-order valence-corrected chi connectivity index (χ0v) is 17.8. The van der Waals surface area contributed by atoms with Crippen molar-refractivity contribution in [2.45, 2.75) is 33.6 Å². The van der Waals surface area contributed by atoms with Gasteiger partial charge in [-0.25, -0.2) is 4.98 Å². The second kappa shape index (κ2) is 7.54. The summed E-state index contributed by atoms with van der Waals surface area (Å²) in [6.45, 7) is 7.35. The van der Waals surface area contributed by atoms with E-state index in [0.717, 1.165) is 52.1 Å². The Balaban J connectivity index is 1.60. The minimum atomic E-state index is -0.0977. The predicted octanol–water partition coefficient (Wildman–Crippen LogP) is 4.77. The van der Waals surface area contributed by atoms with Crippen LogP contribution in [0.15, 0.2) is 33.2 Å². The van der Waals surface area contributed by atoms with Crippen molar-refractivity contribution >= 4 is 44.4 Å². The van der Waals surface area contributed by atoms with Crippen LogP contribution in [0.25, 0.3) is 11.1 Å². The number of hydrogen-bond acceptors (Lipinski definition) is 5. The van der Waals surface area contributed by atoms with Gasteiger partial charge in [-0.2, -0.15) is 4.98 Å². The molecule has 1 saturated heterocycles. The van der Waals surface area contributed by atoms with E-state index in [-0.39, 0.29) is 11.8 Å². The highest BCUT2D eigenvalue weighted by Gasteiger charge is 2.29. The molecule has 1 aliphatic rings. The smallest absolute Gasteiger partial charge is 0.231 e. The standard InChI is InChI=1S/C21H23BrN4O2/c1-12-13(2)28-21-18(12)19(23-14(3)24-21)26-10-6-7-15(11-26)20(27)25-17-9-5-4-8-16(17)22/h4-5,8-9,15H,6-7,10-11H2,1-3H3,(H,25,27)/t15-/m1/s1. The first-order chi connectivity index (χ1) is 13.4. The van der Waals surface area contributed by atoms with E-state index >= 15 is 0 Å². The van der Waals surface area contributed by atoms with Crippen LogP contribution in [0.5, 0.6) is 0 Å². The maximum absolute atomic E-state index is 12.9. The van der Waals surface area contributed by atoms with Gasteiger partial charge in [0, 0.05) is 23.1 Å². The first-order valence-corrected chi connectivity index (χ1v) is 10.3. The van der Waals surface area contributed by atoms with Crippen LogP contribution in [0.3, 0.4) is 0 Å². The summed E-state index contributed by atoms with van der Waals surface area (Å²) in [6.07, 6.45) is 1.80. The number of amides is 1. The van der Waals surface area contributed by atoms with E-state index in [0.29, 0.717) is 18.1 Å². The summed E-state index contributed by atoms with van der Waals surface area (Å²) in [5.41, 5.74) is 2.48. The Hall–Kier alpha value is -2.41. The van der Waals surface area contributed by atoms with Gasteiger partial charge in [0.05, 0.1) is 17.0 Å².